The van der Waals surface area contributed by atoms with Crippen molar-refractivity contribution in [2.24, 2.45) is 0 Å². The second kappa shape index (κ2) is 11.7. The van der Waals surface area contributed by atoms with Gasteiger partial charge in [0.2, 0.25) is 0 Å². The number of hydrogen-bond donors (Lipinski definition) is 1. The molecule has 202 valence electrons. The summed E-state index contributed by atoms with van der Waals surface area (Å²) in [6.45, 7) is 2.43. The molecule has 0 spiro atoms. The molecule has 0 aliphatic carbocycles. The van der Waals surface area contributed by atoms with E-state index >= 15 is 0 Å². The molecule has 5 rings (SSSR count). The Morgan fingerprint density at radius 3 is 2.00 bits per heavy atom. The molecule has 0 unspecified atom stereocenters. The molecule has 1 heterocycles. The summed E-state index contributed by atoms with van der Waals surface area (Å²) >= 11 is 0. The molecule has 4 aromatic carbocycles. The van der Waals surface area contributed by atoms with E-state index in [1.165, 1.54) is 25.0 Å². The van der Waals surface area contributed by atoms with Crippen molar-refractivity contribution in [2.75, 3.05) is 26.1 Å². The zero-order chi connectivity index (χ0) is 28.1. The van der Waals surface area contributed by atoms with Gasteiger partial charge in [-0.1, -0.05) is 18.2 Å². The average molecular weight is 537 g/mol. The summed E-state index contributed by atoms with van der Waals surface area (Å²) in [6, 6.07) is 26.8. The van der Waals surface area contributed by atoms with E-state index in [1.54, 1.807) is 60.7 Å². The molecule has 0 radical (unpaired) electrons. The van der Waals surface area contributed by atoms with Crippen molar-refractivity contribution >= 4 is 22.4 Å². The third kappa shape index (κ3) is 5.47. The molecule has 8 nitrogen and oxygen atoms in total. The topological polar surface area (TPSA) is 88.0 Å². The first-order chi connectivity index (χ1) is 19.5. The fourth-order valence-corrected chi connectivity index (χ4v) is 4.34. The van der Waals surface area contributed by atoms with E-state index in [0.29, 0.717) is 57.5 Å². The van der Waals surface area contributed by atoms with Crippen molar-refractivity contribution in [3.63, 3.8) is 0 Å². The number of methoxy groups -OCH3 is 2. The second-order valence-electron chi connectivity index (χ2n) is 8.79. The molecule has 5 aromatic rings. The number of anilines is 1. The van der Waals surface area contributed by atoms with Crippen LogP contribution in [-0.4, -0.2) is 31.3 Å². The van der Waals surface area contributed by atoms with Gasteiger partial charge < -0.3 is 24.3 Å². The molecule has 40 heavy (non-hydrogen) atoms. The zero-order valence-electron chi connectivity index (χ0n) is 22.3. The number of para-hydroxylation sites is 1. The number of nitrogens with zero attached hydrogens (tertiary/aromatic N) is 1. The van der Waals surface area contributed by atoms with Crippen molar-refractivity contribution in [1.29, 1.82) is 0 Å². The largest absolute Gasteiger partial charge is 0.494 e. The minimum absolute atomic E-state index is 0.286. The molecule has 0 aliphatic rings. The Labute approximate surface area is 231 Å². The molecule has 0 saturated carbocycles. The number of carbonyl (C=O) groups excluding carboxylic acids is 1. The monoisotopic (exact) mass is 536 g/mol. The van der Waals surface area contributed by atoms with Gasteiger partial charge in [-0.3, -0.25) is 14.2 Å². The predicted octanol–water partition coefficient (Wildman–Crippen LogP) is 6.45. The van der Waals surface area contributed by atoms with Gasteiger partial charge in [0, 0.05) is 23.0 Å². The Bertz CT molecular complexity index is 1700. The number of amides is 1. The summed E-state index contributed by atoms with van der Waals surface area (Å²) in [7, 11) is 3.00. The number of hydrogen-bond acceptors (Lipinski definition) is 6. The Morgan fingerprint density at radius 2 is 1.38 bits per heavy atom. The van der Waals surface area contributed by atoms with Crippen LogP contribution in [0.25, 0.3) is 16.5 Å². The maximum Gasteiger partial charge on any atom is 0.263 e. The second-order valence-corrected chi connectivity index (χ2v) is 8.79. The summed E-state index contributed by atoms with van der Waals surface area (Å²) in [6.07, 6.45) is 1.54. The molecule has 0 aliphatic heterocycles. The van der Waals surface area contributed by atoms with Crippen molar-refractivity contribution in [2.45, 2.75) is 6.92 Å². The summed E-state index contributed by atoms with van der Waals surface area (Å²) in [5.74, 6) is 2.43. The van der Waals surface area contributed by atoms with E-state index in [2.05, 4.69) is 5.32 Å². The molecule has 1 aromatic heterocycles. The maximum atomic E-state index is 13.6. The van der Waals surface area contributed by atoms with Crippen molar-refractivity contribution in [1.82, 2.24) is 4.57 Å². The molecule has 0 atom stereocenters. The van der Waals surface area contributed by atoms with Crippen LogP contribution in [0.3, 0.4) is 0 Å². The lowest BCUT2D eigenvalue weighted by Gasteiger charge is -2.16. The van der Waals surface area contributed by atoms with Crippen LogP contribution in [0.4, 0.5) is 5.69 Å². The van der Waals surface area contributed by atoms with Crippen molar-refractivity contribution in [3.8, 4) is 34.4 Å². The smallest absolute Gasteiger partial charge is 0.263 e. The van der Waals surface area contributed by atoms with E-state index in [4.69, 9.17) is 18.9 Å². The molecule has 0 fully saturated rings. The molecule has 1 amide bonds. The van der Waals surface area contributed by atoms with Gasteiger partial charge in [0.1, 0.15) is 17.2 Å². The lowest BCUT2D eigenvalue weighted by molar-refractivity contribution is 0.102. The first-order valence-electron chi connectivity index (χ1n) is 12.7. The van der Waals surface area contributed by atoms with Gasteiger partial charge in [-0.2, -0.15) is 0 Å². The van der Waals surface area contributed by atoms with Crippen LogP contribution in [0.5, 0.6) is 28.7 Å². The summed E-state index contributed by atoms with van der Waals surface area (Å²) in [5, 5.41) is 3.68. The molecule has 1 N–H and O–H groups in total. The van der Waals surface area contributed by atoms with E-state index in [1.807, 2.05) is 37.3 Å². The first kappa shape index (κ1) is 26.4. The Morgan fingerprint density at radius 1 is 0.775 bits per heavy atom. The lowest BCUT2D eigenvalue weighted by atomic mass is 10.0. The normalized spacial score (nSPS) is 10.7. The average Bonchev–Trinajstić information content (AvgIpc) is 2.99. The molecular weight excluding hydrogens is 508 g/mol. The maximum absolute atomic E-state index is 13.6. The van der Waals surface area contributed by atoms with Crippen LogP contribution in [0, 0.1) is 0 Å². The quantitative estimate of drug-likeness (QED) is 0.233. The van der Waals surface area contributed by atoms with Crippen LogP contribution in [0.1, 0.15) is 17.3 Å². The van der Waals surface area contributed by atoms with Gasteiger partial charge in [0.15, 0.2) is 11.5 Å². The highest BCUT2D eigenvalue weighted by molar-refractivity contribution is 6.13. The van der Waals surface area contributed by atoms with Gasteiger partial charge in [-0.15, -0.1) is 0 Å². The lowest BCUT2D eigenvalue weighted by Crippen LogP contribution is -2.23. The fraction of sp³-hybridized carbons (Fsp3) is 0.125. The molecule has 0 bridgehead atoms. The molecular formula is C32H28N2O6. The van der Waals surface area contributed by atoms with Gasteiger partial charge in [0.05, 0.1) is 31.8 Å². The zero-order valence-corrected chi connectivity index (χ0v) is 22.3. The van der Waals surface area contributed by atoms with E-state index in [9.17, 15) is 9.59 Å². The first-order valence-corrected chi connectivity index (χ1v) is 12.7. The van der Waals surface area contributed by atoms with Crippen LogP contribution in [-0.2, 0) is 0 Å². The van der Waals surface area contributed by atoms with Gasteiger partial charge in [0.25, 0.3) is 11.5 Å². The minimum Gasteiger partial charge on any atom is -0.494 e. The van der Waals surface area contributed by atoms with Crippen LogP contribution in [0.15, 0.2) is 102 Å². The predicted molar refractivity (Wildman–Crippen MR) is 155 cm³/mol. The number of nitrogens with one attached hydrogen (secondary N) is 1. The van der Waals surface area contributed by atoms with Crippen LogP contribution < -0.4 is 29.8 Å². The van der Waals surface area contributed by atoms with Crippen molar-refractivity contribution < 1.29 is 23.7 Å². The Balaban J connectivity index is 1.53. The number of rotatable bonds is 9. The fourth-order valence-electron chi connectivity index (χ4n) is 4.34. The highest BCUT2D eigenvalue weighted by atomic mass is 16.5. The van der Waals surface area contributed by atoms with E-state index < -0.39 is 5.91 Å². The summed E-state index contributed by atoms with van der Waals surface area (Å²) < 4.78 is 23.7. The van der Waals surface area contributed by atoms with Crippen LogP contribution in [0.2, 0.25) is 0 Å². The van der Waals surface area contributed by atoms with Crippen molar-refractivity contribution in [3.05, 3.63) is 113 Å². The van der Waals surface area contributed by atoms with Gasteiger partial charge in [-0.05, 0) is 79.7 Å². The number of carbonyl (C=O) groups is 1. The highest BCUT2D eigenvalue weighted by Crippen LogP contribution is 2.33. The third-order valence-corrected chi connectivity index (χ3v) is 6.28. The number of fused-ring (bicyclic) bond motifs is 1. The Hall–Kier alpha value is -5.24. The minimum atomic E-state index is -0.395. The third-order valence-electron chi connectivity index (χ3n) is 6.28. The van der Waals surface area contributed by atoms with Crippen LogP contribution >= 0.6 is 0 Å². The van der Waals surface area contributed by atoms with Gasteiger partial charge >= 0.3 is 0 Å². The summed E-state index contributed by atoms with van der Waals surface area (Å²) in [4.78, 5) is 27.3. The SMILES string of the molecule is CCOc1ccc(-n2cc(C(=O)Nc3ccc(Oc4ccccc4)cc3)c3cc(OC)c(OC)cc3c2=O)cc1. The van der Waals surface area contributed by atoms with E-state index in [-0.39, 0.29) is 11.1 Å². The Kier molecular flexibility index (Phi) is 7.68. The van der Waals surface area contributed by atoms with Gasteiger partial charge in [-0.25, -0.2) is 0 Å². The number of aromatic nitrogens is 1. The highest BCUT2D eigenvalue weighted by Gasteiger charge is 2.19. The molecule has 8 heteroatoms. The number of benzene rings is 4. The molecule has 0 saturated heterocycles. The summed E-state index contributed by atoms with van der Waals surface area (Å²) in [5.41, 5.74) is 1.13. The standard InChI is InChI=1S/C32H28N2O6/c1-4-39-23-16-12-22(13-17-23)34-20-28(26-18-29(37-2)30(38-3)19-27(26)32(34)36)31(35)33-21-10-14-25(15-11-21)40-24-8-6-5-7-9-24/h5-20H,4H2,1-3H3,(H,33,35). The van der Waals surface area contributed by atoms with E-state index in [0.717, 1.165) is 0 Å². The number of pyridine rings is 1. The number of ether oxygens (including phenoxy) is 4.